The fraction of sp³-hybridized carbons (Fsp3) is 0.0741. The second kappa shape index (κ2) is 9.25. The van der Waals surface area contributed by atoms with E-state index in [9.17, 15) is 9.59 Å². The van der Waals surface area contributed by atoms with Gasteiger partial charge in [-0.1, -0.05) is 59.8 Å². The third kappa shape index (κ3) is 4.35. The molecule has 6 heteroatoms. The zero-order valence-electron chi connectivity index (χ0n) is 18.1. The Hall–Kier alpha value is -3.98. The fourth-order valence-corrected chi connectivity index (χ4v) is 4.00. The van der Waals surface area contributed by atoms with E-state index in [1.165, 1.54) is 0 Å². The first kappa shape index (κ1) is 22.2. The normalized spacial score (nSPS) is 10.4. The molecule has 0 radical (unpaired) electrons. The molecule has 4 rings (SSSR count). The van der Waals surface area contributed by atoms with Gasteiger partial charge in [0.2, 0.25) is 0 Å². The van der Waals surface area contributed by atoms with Gasteiger partial charge in [0.05, 0.1) is 21.7 Å². The molecule has 0 bridgehead atoms. The molecule has 0 aliphatic rings. The van der Waals surface area contributed by atoms with Crippen LogP contribution in [0.25, 0.3) is 10.9 Å². The second-order valence-electron chi connectivity index (χ2n) is 7.58. The van der Waals surface area contributed by atoms with E-state index in [1.807, 2.05) is 37.3 Å². The number of fused-ring (bicyclic) bond motifs is 1. The van der Waals surface area contributed by atoms with Crippen molar-refractivity contribution >= 4 is 34.2 Å². The highest BCUT2D eigenvalue weighted by Crippen LogP contribution is 2.28. The predicted molar refractivity (Wildman–Crippen MR) is 130 cm³/mol. The van der Waals surface area contributed by atoms with Crippen LogP contribution in [-0.2, 0) is 0 Å². The lowest BCUT2D eigenvalue weighted by molar-refractivity contribution is 0.0942. The van der Waals surface area contributed by atoms with Gasteiger partial charge in [-0.05, 0) is 49.2 Å². The number of carbonyl (C=O) groups excluding carboxylic acids is 2. The lowest BCUT2D eigenvalue weighted by Gasteiger charge is -2.14. The highest BCUT2D eigenvalue weighted by Gasteiger charge is 2.25. The van der Waals surface area contributed by atoms with Crippen LogP contribution in [0.2, 0.25) is 5.02 Å². The van der Waals surface area contributed by atoms with Crippen LogP contribution in [0.3, 0.4) is 0 Å². The van der Waals surface area contributed by atoms with Crippen LogP contribution in [0, 0.1) is 25.7 Å². The van der Waals surface area contributed by atoms with Crippen molar-refractivity contribution in [1.29, 1.82) is 0 Å². The molecule has 0 fully saturated rings. The van der Waals surface area contributed by atoms with Crippen LogP contribution < -0.4 is 11.3 Å². The number of nitrogens with two attached hydrogens (primary N) is 1. The number of hydrogen-bond acceptors (Lipinski definition) is 4. The van der Waals surface area contributed by atoms with E-state index in [2.05, 4.69) is 22.3 Å². The molecule has 3 aromatic carbocycles. The number of para-hydroxylation sites is 1. The van der Waals surface area contributed by atoms with Crippen molar-refractivity contribution in [3.8, 4) is 11.8 Å². The number of halogens is 1. The molecule has 1 amide bonds. The Morgan fingerprint density at radius 3 is 2.48 bits per heavy atom. The molecule has 5 nitrogen and oxygen atoms in total. The molecule has 0 atom stereocenters. The van der Waals surface area contributed by atoms with Crippen molar-refractivity contribution in [1.82, 2.24) is 10.4 Å². The number of benzene rings is 3. The Morgan fingerprint density at radius 2 is 1.73 bits per heavy atom. The van der Waals surface area contributed by atoms with Gasteiger partial charge in [0, 0.05) is 28.3 Å². The maximum Gasteiger partial charge on any atom is 0.265 e. The number of pyridine rings is 1. The fourth-order valence-electron chi connectivity index (χ4n) is 3.69. The molecule has 0 spiro atoms. The van der Waals surface area contributed by atoms with Crippen molar-refractivity contribution in [3.63, 3.8) is 0 Å². The minimum absolute atomic E-state index is 0.133. The third-order valence-electron chi connectivity index (χ3n) is 5.39. The monoisotopic (exact) mass is 453 g/mol. The van der Waals surface area contributed by atoms with Crippen molar-refractivity contribution in [2.45, 2.75) is 13.8 Å². The van der Waals surface area contributed by atoms with Gasteiger partial charge in [-0.2, -0.15) is 0 Å². The molecule has 0 aliphatic heterocycles. The summed E-state index contributed by atoms with van der Waals surface area (Å²) < 4.78 is 0. The first-order chi connectivity index (χ1) is 15.9. The summed E-state index contributed by atoms with van der Waals surface area (Å²) in [4.78, 5) is 30.7. The van der Waals surface area contributed by atoms with Crippen LogP contribution in [0.5, 0.6) is 0 Å². The van der Waals surface area contributed by atoms with Crippen LogP contribution in [0.4, 0.5) is 0 Å². The van der Waals surface area contributed by atoms with Crippen LogP contribution >= 0.6 is 11.6 Å². The lowest BCUT2D eigenvalue weighted by Crippen LogP contribution is -2.32. The molecule has 4 aromatic rings. The van der Waals surface area contributed by atoms with Gasteiger partial charge in [-0.25, -0.2) is 5.84 Å². The average molecular weight is 454 g/mol. The van der Waals surface area contributed by atoms with Gasteiger partial charge in [0.25, 0.3) is 5.91 Å². The molecule has 162 valence electrons. The molecule has 1 heterocycles. The highest BCUT2D eigenvalue weighted by atomic mass is 35.5. The number of amides is 1. The van der Waals surface area contributed by atoms with Gasteiger partial charge in [-0.3, -0.25) is 20.0 Å². The van der Waals surface area contributed by atoms with E-state index >= 15 is 0 Å². The van der Waals surface area contributed by atoms with E-state index in [-0.39, 0.29) is 16.9 Å². The molecule has 0 unspecified atom stereocenters. The van der Waals surface area contributed by atoms with Crippen molar-refractivity contribution in [3.05, 3.63) is 111 Å². The summed E-state index contributed by atoms with van der Waals surface area (Å²) >= 11 is 6.37. The van der Waals surface area contributed by atoms with E-state index in [4.69, 9.17) is 17.4 Å². The number of ketones is 1. The number of nitrogen functional groups attached to an aromatic ring is 1. The van der Waals surface area contributed by atoms with Gasteiger partial charge in [0.1, 0.15) is 0 Å². The summed E-state index contributed by atoms with van der Waals surface area (Å²) in [5.74, 6) is 10.6. The second-order valence-corrected chi connectivity index (χ2v) is 7.99. The number of nitrogens with zero attached hydrogens (tertiary/aromatic N) is 1. The molecule has 1 aromatic heterocycles. The van der Waals surface area contributed by atoms with Crippen LogP contribution in [-0.4, -0.2) is 16.7 Å². The predicted octanol–water partition coefficient (Wildman–Crippen LogP) is 4.74. The molecule has 3 N–H and O–H groups in total. The SMILES string of the molecule is Cc1ccc(C(=O)NN)c(C(=O)c2c(C)cccc2Cl)c1C#Cc1cnc2ccccc2c1. The minimum Gasteiger partial charge on any atom is -0.290 e. The van der Waals surface area contributed by atoms with Crippen molar-refractivity contribution in [2.24, 2.45) is 5.84 Å². The summed E-state index contributed by atoms with van der Waals surface area (Å²) in [7, 11) is 0. The number of hydrazine groups is 1. The Bertz CT molecular complexity index is 1460. The third-order valence-corrected chi connectivity index (χ3v) is 5.70. The quantitative estimate of drug-likeness (QED) is 0.154. The number of rotatable bonds is 3. The number of aryl methyl sites for hydroxylation is 2. The van der Waals surface area contributed by atoms with Gasteiger partial charge < -0.3 is 0 Å². The topological polar surface area (TPSA) is 85.1 Å². The number of nitrogens with one attached hydrogen (secondary N) is 1. The van der Waals surface area contributed by atoms with Gasteiger partial charge >= 0.3 is 0 Å². The molecule has 0 saturated carbocycles. The summed E-state index contributed by atoms with van der Waals surface area (Å²) in [6.45, 7) is 3.63. The summed E-state index contributed by atoms with van der Waals surface area (Å²) in [5, 5.41) is 1.26. The first-order valence-electron chi connectivity index (χ1n) is 10.2. The van der Waals surface area contributed by atoms with E-state index in [0.717, 1.165) is 16.5 Å². The molecule has 33 heavy (non-hydrogen) atoms. The number of hydrogen-bond donors (Lipinski definition) is 2. The van der Waals surface area contributed by atoms with Crippen LogP contribution in [0.15, 0.2) is 66.9 Å². The highest BCUT2D eigenvalue weighted by molar-refractivity contribution is 6.35. The molecular formula is C27H20ClN3O2. The van der Waals surface area contributed by atoms with E-state index in [0.29, 0.717) is 27.3 Å². The Labute approximate surface area is 196 Å². The summed E-state index contributed by atoms with van der Waals surface area (Å²) in [6.07, 6.45) is 1.68. The zero-order valence-corrected chi connectivity index (χ0v) is 18.8. The maximum absolute atomic E-state index is 13.7. The lowest BCUT2D eigenvalue weighted by atomic mass is 9.89. The van der Waals surface area contributed by atoms with E-state index in [1.54, 1.807) is 43.5 Å². The van der Waals surface area contributed by atoms with Gasteiger partial charge in [-0.15, -0.1) is 0 Å². The maximum atomic E-state index is 13.7. The average Bonchev–Trinajstić information content (AvgIpc) is 2.82. The van der Waals surface area contributed by atoms with Crippen LogP contribution in [0.1, 0.15) is 48.5 Å². The smallest absolute Gasteiger partial charge is 0.265 e. The van der Waals surface area contributed by atoms with Gasteiger partial charge in [0.15, 0.2) is 5.78 Å². The van der Waals surface area contributed by atoms with Crippen molar-refractivity contribution in [2.75, 3.05) is 0 Å². The minimum atomic E-state index is -0.585. The zero-order chi connectivity index (χ0) is 23.5. The summed E-state index contributed by atoms with van der Waals surface area (Å²) in [6, 6.07) is 18.2. The molecule has 0 aliphatic carbocycles. The van der Waals surface area contributed by atoms with Crippen molar-refractivity contribution < 1.29 is 9.59 Å². The molecular weight excluding hydrogens is 434 g/mol. The first-order valence-corrected chi connectivity index (χ1v) is 10.6. The number of carbonyl (C=O) groups is 2. The standard InChI is InChI=1S/C27H20ClN3O2/c1-16-10-12-21(27(33)31-29)25(26(32)24-17(2)6-5-8-22(24)28)20(16)13-11-18-14-19-7-3-4-9-23(19)30-15-18/h3-10,12,14-15H,29H2,1-2H3,(H,31,33). The Kier molecular flexibility index (Phi) is 6.23. The Balaban J connectivity index is 1.92. The number of aromatic nitrogens is 1. The Morgan fingerprint density at radius 1 is 0.939 bits per heavy atom. The van der Waals surface area contributed by atoms with E-state index < -0.39 is 5.91 Å². The summed E-state index contributed by atoms with van der Waals surface area (Å²) in [5.41, 5.74) is 6.18. The molecule has 0 saturated heterocycles. The largest absolute Gasteiger partial charge is 0.290 e.